The molecule has 1 aromatic carbocycles. The van der Waals surface area contributed by atoms with Crippen molar-refractivity contribution in [1.82, 2.24) is 15.2 Å². The second-order valence-corrected chi connectivity index (χ2v) is 5.57. The van der Waals surface area contributed by atoms with E-state index >= 15 is 0 Å². The summed E-state index contributed by atoms with van der Waals surface area (Å²) in [5.41, 5.74) is 1.13. The number of hydroxylamine groups is 2. The number of rotatable bonds is 6. The average Bonchev–Trinajstić information content (AvgIpc) is 3.04. The zero-order chi connectivity index (χ0) is 18.6. The maximum absolute atomic E-state index is 12.5. The second kappa shape index (κ2) is 7.64. The fourth-order valence-corrected chi connectivity index (χ4v) is 2.01. The van der Waals surface area contributed by atoms with Crippen molar-refractivity contribution >= 4 is 5.91 Å². The Hall–Kier alpha value is -2.42. The second-order valence-electron chi connectivity index (χ2n) is 5.57. The normalized spacial score (nSPS) is 11.8. The van der Waals surface area contributed by atoms with Gasteiger partial charge in [0.1, 0.15) is 0 Å². The SMILES string of the molecule is CCON(Cc1ccc(-c2noc(C(F)(F)F)n2)cc1)C(=O)C(C)C. The van der Waals surface area contributed by atoms with Crippen LogP contribution in [0.2, 0.25) is 0 Å². The summed E-state index contributed by atoms with van der Waals surface area (Å²) in [5, 5.41) is 4.60. The molecule has 1 amide bonds. The van der Waals surface area contributed by atoms with Crippen molar-refractivity contribution in [2.24, 2.45) is 5.92 Å². The molecular formula is C16H18F3N3O3. The zero-order valence-corrected chi connectivity index (χ0v) is 14.0. The summed E-state index contributed by atoms with van der Waals surface area (Å²) >= 11 is 0. The molecule has 1 heterocycles. The third-order valence-electron chi connectivity index (χ3n) is 3.23. The first-order valence-electron chi connectivity index (χ1n) is 7.67. The van der Waals surface area contributed by atoms with Gasteiger partial charge in [-0.25, -0.2) is 5.06 Å². The molecule has 2 rings (SSSR count). The Bertz CT molecular complexity index is 711. The number of hydrogen-bond acceptors (Lipinski definition) is 5. The monoisotopic (exact) mass is 357 g/mol. The van der Waals surface area contributed by atoms with Gasteiger partial charge in [0.15, 0.2) is 0 Å². The molecule has 0 unspecified atom stereocenters. The fraction of sp³-hybridized carbons (Fsp3) is 0.438. The minimum Gasteiger partial charge on any atom is -0.329 e. The topological polar surface area (TPSA) is 68.5 Å². The van der Waals surface area contributed by atoms with Crippen LogP contribution in [0.15, 0.2) is 28.8 Å². The van der Waals surface area contributed by atoms with E-state index in [4.69, 9.17) is 4.84 Å². The number of amides is 1. The minimum absolute atomic E-state index is 0.154. The van der Waals surface area contributed by atoms with Crippen LogP contribution in [0, 0.1) is 5.92 Å². The molecule has 25 heavy (non-hydrogen) atoms. The highest BCUT2D eigenvalue weighted by Gasteiger charge is 2.38. The molecule has 0 aliphatic carbocycles. The first-order chi connectivity index (χ1) is 11.7. The van der Waals surface area contributed by atoms with Crippen molar-refractivity contribution in [2.45, 2.75) is 33.5 Å². The lowest BCUT2D eigenvalue weighted by Crippen LogP contribution is -2.33. The first-order valence-corrected chi connectivity index (χ1v) is 7.67. The Morgan fingerprint density at radius 3 is 2.40 bits per heavy atom. The Morgan fingerprint density at radius 2 is 1.92 bits per heavy atom. The number of carbonyl (C=O) groups is 1. The lowest BCUT2D eigenvalue weighted by Gasteiger charge is -2.23. The van der Waals surface area contributed by atoms with Gasteiger partial charge in [-0.1, -0.05) is 43.3 Å². The Kier molecular flexibility index (Phi) is 5.78. The Balaban J connectivity index is 2.13. The van der Waals surface area contributed by atoms with E-state index in [1.54, 1.807) is 45.0 Å². The van der Waals surface area contributed by atoms with Gasteiger partial charge >= 0.3 is 12.1 Å². The molecule has 0 bridgehead atoms. The van der Waals surface area contributed by atoms with E-state index in [1.165, 1.54) is 5.06 Å². The van der Waals surface area contributed by atoms with E-state index in [-0.39, 0.29) is 24.2 Å². The molecule has 136 valence electrons. The predicted molar refractivity (Wildman–Crippen MR) is 81.8 cm³/mol. The molecule has 0 N–H and O–H groups in total. The summed E-state index contributed by atoms with van der Waals surface area (Å²) in [5.74, 6) is -1.92. The van der Waals surface area contributed by atoms with Gasteiger partial charge in [0.05, 0.1) is 13.2 Å². The molecule has 0 fully saturated rings. The van der Waals surface area contributed by atoms with Crippen molar-refractivity contribution in [3.05, 3.63) is 35.7 Å². The van der Waals surface area contributed by atoms with Crippen LogP contribution in [0.3, 0.4) is 0 Å². The van der Waals surface area contributed by atoms with Crippen LogP contribution >= 0.6 is 0 Å². The van der Waals surface area contributed by atoms with E-state index in [9.17, 15) is 18.0 Å². The summed E-state index contributed by atoms with van der Waals surface area (Å²) in [6.07, 6.45) is -4.68. The van der Waals surface area contributed by atoms with Crippen LogP contribution in [0.4, 0.5) is 13.2 Å². The number of alkyl halides is 3. The molecule has 0 saturated heterocycles. The van der Waals surface area contributed by atoms with Crippen LogP contribution in [0.5, 0.6) is 0 Å². The highest BCUT2D eigenvalue weighted by molar-refractivity contribution is 5.77. The molecule has 9 heteroatoms. The van der Waals surface area contributed by atoms with Gasteiger partial charge in [0.25, 0.3) is 0 Å². The van der Waals surface area contributed by atoms with Gasteiger partial charge in [-0.15, -0.1) is 0 Å². The van der Waals surface area contributed by atoms with E-state index in [1.807, 2.05) is 0 Å². The smallest absolute Gasteiger partial charge is 0.329 e. The molecule has 0 aliphatic heterocycles. The minimum atomic E-state index is -4.68. The average molecular weight is 357 g/mol. The molecule has 0 spiro atoms. The molecule has 0 aliphatic rings. The van der Waals surface area contributed by atoms with E-state index in [2.05, 4.69) is 14.7 Å². The maximum Gasteiger partial charge on any atom is 0.471 e. The van der Waals surface area contributed by atoms with Crippen LogP contribution in [-0.2, 0) is 22.4 Å². The lowest BCUT2D eigenvalue weighted by atomic mass is 10.1. The molecule has 0 radical (unpaired) electrons. The first kappa shape index (κ1) is 18.9. The Labute approximate surface area is 142 Å². The highest BCUT2D eigenvalue weighted by Crippen LogP contribution is 2.29. The lowest BCUT2D eigenvalue weighted by molar-refractivity contribution is -0.192. The maximum atomic E-state index is 12.5. The van der Waals surface area contributed by atoms with E-state index in [0.717, 1.165) is 5.56 Å². The highest BCUT2D eigenvalue weighted by atomic mass is 19.4. The van der Waals surface area contributed by atoms with Crippen LogP contribution < -0.4 is 0 Å². The molecule has 6 nitrogen and oxygen atoms in total. The molecular weight excluding hydrogens is 339 g/mol. The van der Waals surface area contributed by atoms with Gasteiger partial charge in [-0.3, -0.25) is 9.63 Å². The van der Waals surface area contributed by atoms with E-state index in [0.29, 0.717) is 12.2 Å². The Morgan fingerprint density at radius 1 is 1.28 bits per heavy atom. The van der Waals surface area contributed by atoms with Crippen LogP contribution in [-0.4, -0.2) is 27.7 Å². The van der Waals surface area contributed by atoms with Gasteiger partial charge in [-0.2, -0.15) is 18.2 Å². The standard InChI is InChI=1S/C16H18F3N3O3/c1-4-24-22(14(23)10(2)3)9-11-5-7-12(8-6-11)13-20-15(25-21-13)16(17,18)19/h5-8,10H,4,9H2,1-3H3. The number of hydrogen-bond donors (Lipinski definition) is 0. The summed E-state index contributed by atoms with van der Waals surface area (Å²) in [6, 6.07) is 6.45. The van der Waals surface area contributed by atoms with Gasteiger partial charge in [0, 0.05) is 11.5 Å². The molecule has 2 aromatic rings. The third-order valence-corrected chi connectivity index (χ3v) is 3.23. The largest absolute Gasteiger partial charge is 0.471 e. The fourth-order valence-electron chi connectivity index (χ4n) is 2.01. The van der Waals surface area contributed by atoms with Crippen molar-refractivity contribution in [1.29, 1.82) is 0 Å². The summed E-state index contributed by atoms with van der Waals surface area (Å²) < 4.78 is 41.7. The number of aromatic nitrogens is 2. The summed E-state index contributed by atoms with van der Waals surface area (Å²) in [6.45, 7) is 5.89. The van der Waals surface area contributed by atoms with Gasteiger partial charge in [0.2, 0.25) is 11.7 Å². The zero-order valence-electron chi connectivity index (χ0n) is 14.0. The van der Waals surface area contributed by atoms with Gasteiger partial charge < -0.3 is 4.52 Å². The number of nitrogens with zero attached hydrogens (tertiary/aromatic N) is 3. The van der Waals surface area contributed by atoms with E-state index < -0.39 is 12.1 Å². The number of carbonyl (C=O) groups excluding carboxylic acids is 1. The quantitative estimate of drug-likeness (QED) is 0.738. The van der Waals surface area contributed by atoms with Crippen molar-refractivity contribution < 1.29 is 27.3 Å². The van der Waals surface area contributed by atoms with Crippen molar-refractivity contribution in [2.75, 3.05) is 6.61 Å². The number of benzene rings is 1. The molecule has 0 atom stereocenters. The summed E-state index contributed by atoms with van der Waals surface area (Å²) in [4.78, 5) is 20.8. The predicted octanol–water partition coefficient (Wildman–Crippen LogP) is 3.69. The number of halogens is 3. The van der Waals surface area contributed by atoms with Gasteiger partial charge in [-0.05, 0) is 12.5 Å². The summed E-state index contributed by atoms with van der Waals surface area (Å²) in [7, 11) is 0. The van der Waals surface area contributed by atoms with Crippen molar-refractivity contribution in [3.8, 4) is 11.4 Å². The molecule has 0 saturated carbocycles. The van der Waals surface area contributed by atoms with Crippen molar-refractivity contribution in [3.63, 3.8) is 0 Å². The third kappa shape index (κ3) is 4.79. The van der Waals surface area contributed by atoms with Crippen LogP contribution in [0.25, 0.3) is 11.4 Å². The van der Waals surface area contributed by atoms with Crippen LogP contribution in [0.1, 0.15) is 32.2 Å². The molecule has 1 aromatic heterocycles.